The molecule has 0 unspecified atom stereocenters. The molecule has 109 valence electrons. The number of anilines is 1. The molecule has 0 fully saturated rings. The first-order valence-electron chi connectivity index (χ1n) is 6.21. The third kappa shape index (κ3) is 3.82. The molecule has 0 bridgehead atoms. The summed E-state index contributed by atoms with van der Waals surface area (Å²) in [7, 11) is 0. The van der Waals surface area contributed by atoms with E-state index in [1.54, 1.807) is 19.1 Å². The van der Waals surface area contributed by atoms with E-state index in [-0.39, 0.29) is 12.5 Å². The predicted octanol–water partition coefficient (Wildman–Crippen LogP) is -0.105. The summed E-state index contributed by atoms with van der Waals surface area (Å²) in [6.07, 6.45) is 2.35. The van der Waals surface area contributed by atoms with Crippen molar-refractivity contribution in [1.82, 2.24) is 5.32 Å². The topological polar surface area (TPSA) is 86.6 Å². The van der Waals surface area contributed by atoms with Crippen molar-refractivity contribution in [3.8, 4) is 0 Å². The molecule has 7 heteroatoms. The molecule has 0 saturated heterocycles. The quantitative estimate of drug-likeness (QED) is 0.621. The van der Waals surface area contributed by atoms with Crippen molar-refractivity contribution in [3.05, 3.63) is 27.6 Å². The zero-order chi connectivity index (χ0) is 15.4. The van der Waals surface area contributed by atoms with E-state index in [1.807, 2.05) is 0 Å². The van der Waals surface area contributed by atoms with E-state index < -0.39 is 18.3 Å². The van der Waals surface area contributed by atoms with Gasteiger partial charge in [0.15, 0.2) is 0 Å². The number of esters is 1. The summed E-state index contributed by atoms with van der Waals surface area (Å²) in [5.74, 6) is -1.53. The second kappa shape index (κ2) is 6.41. The molecule has 1 heterocycles. The molecule has 2 amide bonds. The van der Waals surface area contributed by atoms with Gasteiger partial charge in [-0.05, 0) is 24.3 Å². The van der Waals surface area contributed by atoms with Gasteiger partial charge >= 0.3 is 5.97 Å². The standard InChI is InChI=1S/C14H12ClN2O4/c1-2-21-14(20)6-13(19)17-11-4-8-5-12(18)16-7-9(8)3-10(11)15/h3-5,7H,2,6H2,1H3,(H,17,19). The predicted molar refractivity (Wildman–Crippen MR) is 76.7 cm³/mol. The zero-order valence-electron chi connectivity index (χ0n) is 11.2. The number of nitrogens with zero attached hydrogens (tertiary/aromatic N) is 1. The van der Waals surface area contributed by atoms with Crippen LogP contribution in [0.5, 0.6) is 0 Å². The Morgan fingerprint density at radius 1 is 1.33 bits per heavy atom. The van der Waals surface area contributed by atoms with Crippen LogP contribution >= 0.6 is 11.6 Å². The highest BCUT2D eigenvalue weighted by Crippen LogP contribution is 2.17. The van der Waals surface area contributed by atoms with Crippen LogP contribution in [0.1, 0.15) is 13.3 Å². The van der Waals surface area contributed by atoms with Crippen LogP contribution < -0.4 is 21.1 Å². The van der Waals surface area contributed by atoms with E-state index in [4.69, 9.17) is 11.6 Å². The number of hydrogen-bond donors (Lipinski definition) is 1. The van der Waals surface area contributed by atoms with Gasteiger partial charge in [0.1, 0.15) is 6.42 Å². The lowest BCUT2D eigenvalue weighted by atomic mass is 10.1. The number of fused-ring (bicyclic) bond motifs is 1. The first-order valence-corrected chi connectivity index (χ1v) is 6.59. The zero-order valence-corrected chi connectivity index (χ0v) is 11.9. The van der Waals surface area contributed by atoms with Crippen LogP contribution in [0, 0.1) is 0 Å². The molecule has 0 spiro atoms. The molecular weight excluding hydrogens is 296 g/mol. The highest BCUT2D eigenvalue weighted by molar-refractivity contribution is 6.33. The van der Waals surface area contributed by atoms with E-state index in [9.17, 15) is 14.4 Å². The second-order valence-corrected chi connectivity index (χ2v) is 4.64. The van der Waals surface area contributed by atoms with Gasteiger partial charge in [0, 0.05) is 17.5 Å². The van der Waals surface area contributed by atoms with Gasteiger partial charge in [0.2, 0.25) is 5.91 Å². The van der Waals surface area contributed by atoms with Gasteiger partial charge in [0.25, 0.3) is 5.91 Å². The van der Waals surface area contributed by atoms with Crippen LogP contribution in [-0.4, -0.2) is 24.4 Å². The SMILES string of the molecule is CCOC(=O)CC(=O)Nc1cc2c(cc1Cl)=C[N]C(=O)C=2. The number of benzene rings is 1. The van der Waals surface area contributed by atoms with Crippen LogP contribution in [0.3, 0.4) is 0 Å². The Morgan fingerprint density at radius 2 is 2.10 bits per heavy atom. The van der Waals surface area contributed by atoms with Gasteiger partial charge in [0.05, 0.1) is 17.3 Å². The molecule has 6 nitrogen and oxygen atoms in total. The van der Waals surface area contributed by atoms with Crippen LogP contribution in [0.4, 0.5) is 5.69 Å². The fourth-order valence-electron chi connectivity index (χ4n) is 1.78. The van der Waals surface area contributed by atoms with Gasteiger partial charge in [-0.25, -0.2) is 5.32 Å². The van der Waals surface area contributed by atoms with Crippen molar-refractivity contribution < 1.29 is 19.1 Å². The van der Waals surface area contributed by atoms with E-state index >= 15 is 0 Å². The summed E-state index contributed by atoms with van der Waals surface area (Å²) in [5, 5.41) is 7.73. The number of hydrogen-bond acceptors (Lipinski definition) is 4. The minimum Gasteiger partial charge on any atom is -0.466 e. The van der Waals surface area contributed by atoms with Crippen LogP contribution in [-0.2, 0) is 19.1 Å². The summed E-state index contributed by atoms with van der Waals surface area (Å²) in [6, 6.07) is 3.15. The van der Waals surface area contributed by atoms with Crippen LogP contribution in [0.15, 0.2) is 12.1 Å². The highest BCUT2D eigenvalue weighted by Gasteiger charge is 2.13. The normalized spacial score (nSPS) is 12.4. The van der Waals surface area contributed by atoms with Crippen LogP contribution in [0.2, 0.25) is 5.02 Å². The van der Waals surface area contributed by atoms with Gasteiger partial charge in [-0.15, -0.1) is 0 Å². The van der Waals surface area contributed by atoms with E-state index in [0.717, 1.165) is 0 Å². The lowest BCUT2D eigenvalue weighted by Gasteiger charge is -2.08. The second-order valence-electron chi connectivity index (χ2n) is 4.23. The molecule has 0 atom stereocenters. The fourth-order valence-corrected chi connectivity index (χ4v) is 2.00. The van der Waals surface area contributed by atoms with Crippen molar-refractivity contribution >= 4 is 47.3 Å². The molecule has 1 aromatic rings. The Kier molecular flexibility index (Phi) is 4.59. The Hall–Kier alpha value is -2.34. The molecule has 0 aromatic heterocycles. The van der Waals surface area contributed by atoms with Gasteiger partial charge in [-0.2, -0.15) is 0 Å². The molecule has 1 N–H and O–H groups in total. The van der Waals surface area contributed by atoms with E-state index in [1.165, 1.54) is 12.3 Å². The smallest absolute Gasteiger partial charge is 0.315 e. The monoisotopic (exact) mass is 307 g/mol. The molecule has 1 aliphatic rings. The number of carbonyl (C=O) groups is 3. The number of halogens is 1. The number of rotatable bonds is 4. The van der Waals surface area contributed by atoms with E-state index in [2.05, 4.69) is 15.4 Å². The minimum atomic E-state index is -0.613. The van der Waals surface area contributed by atoms with Gasteiger partial charge < -0.3 is 10.1 Å². The van der Waals surface area contributed by atoms with Gasteiger partial charge in [-0.1, -0.05) is 11.6 Å². The molecule has 0 aliphatic carbocycles. The third-order valence-electron chi connectivity index (χ3n) is 2.67. The average molecular weight is 308 g/mol. The first-order chi connectivity index (χ1) is 9.99. The van der Waals surface area contributed by atoms with Crippen molar-refractivity contribution in [1.29, 1.82) is 0 Å². The average Bonchev–Trinajstić information content (AvgIpc) is 2.40. The summed E-state index contributed by atoms with van der Waals surface area (Å²) < 4.78 is 4.68. The highest BCUT2D eigenvalue weighted by atomic mass is 35.5. The molecule has 0 saturated carbocycles. The summed E-state index contributed by atoms with van der Waals surface area (Å²) in [5.41, 5.74) is 0.323. The Balaban J connectivity index is 2.20. The van der Waals surface area contributed by atoms with Crippen molar-refractivity contribution in [2.75, 3.05) is 11.9 Å². The maximum absolute atomic E-state index is 11.7. The summed E-state index contributed by atoms with van der Waals surface area (Å²) in [6.45, 7) is 1.87. The largest absolute Gasteiger partial charge is 0.466 e. The molecule has 1 radical (unpaired) electrons. The first kappa shape index (κ1) is 15.1. The molecule has 2 rings (SSSR count). The maximum Gasteiger partial charge on any atom is 0.315 e. The van der Waals surface area contributed by atoms with Crippen molar-refractivity contribution in [2.45, 2.75) is 13.3 Å². The van der Waals surface area contributed by atoms with Crippen LogP contribution in [0.25, 0.3) is 12.3 Å². The molecule has 21 heavy (non-hydrogen) atoms. The number of carbonyl (C=O) groups excluding carboxylic acids is 3. The Labute approximate surface area is 125 Å². The lowest BCUT2D eigenvalue weighted by Crippen LogP contribution is -2.33. The van der Waals surface area contributed by atoms with Crippen molar-refractivity contribution in [2.24, 2.45) is 0 Å². The summed E-state index contributed by atoms with van der Waals surface area (Å²) in [4.78, 5) is 34.2. The molecule has 1 aliphatic heterocycles. The molecular formula is C14H12ClN2O4. The number of ether oxygens (including phenoxy) is 1. The Bertz CT molecular complexity index is 727. The maximum atomic E-state index is 11.7. The molecule has 1 aromatic carbocycles. The van der Waals surface area contributed by atoms with Crippen molar-refractivity contribution in [3.63, 3.8) is 0 Å². The minimum absolute atomic E-state index is 0.210. The number of amides is 2. The third-order valence-corrected chi connectivity index (χ3v) is 2.98. The Morgan fingerprint density at radius 3 is 2.81 bits per heavy atom. The fraction of sp³-hybridized carbons (Fsp3) is 0.214. The van der Waals surface area contributed by atoms with E-state index in [0.29, 0.717) is 21.1 Å². The van der Waals surface area contributed by atoms with Gasteiger partial charge in [-0.3, -0.25) is 14.4 Å². The number of nitrogens with one attached hydrogen (secondary N) is 1. The summed E-state index contributed by atoms with van der Waals surface area (Å²) >= 11 is 6.05. The lowest BCUT2D eigenvalue weighted by molar-refractivity contribution is -0.145.